The summed E-state index contributed by atoms with van der Waals surface area (Å²) in [5.41, 5.74) is -1.36. The van der Waals surface area contributed by atoms with Crippen molar-refractivity contribution in [1.29, 1.82) is 0 Å². The minimum atomic E-state index is -2.02. The Hall–Kier alpha value is -3.35. The van der Waals surface area contributed by atoms with E-state index in [1.54, 1.807) is 42.5 Å². The lowest BCUT2D eigenvalue weighted by molar-refractivity contribution is -0.357. The lowest BCUT2D eigenvalue weighted by Crippen LogP contribution is -2.51. The number of ether oxygens (including phenoxy) is 3. The summed E-state index contributed by atoms with van der Waals surface area (Å²) in [7, 11) is 3.80. The highest BCUT2D eigenvalue weighted by Crippen LogP contribution is 2.43. The highest BCUT2D eigenvalue weighted by atomic mass is 16.5. The Balaban J connectivity index is 2.40. The quantitative estimate of drug-likeness (QED) is 0.360. The van der Waals surface area contributed by atoms with E-state index in [1.807, 2.05) is 0 Å². The van der Waals surface area contributed by atoms with Crippen molar-refractivity contribution in [1.82, 2.24) is 0 Å². The van der Waals surface area contributed by atoms with Crippen LogP contribution >= 0.6 is 0 Å². The van der Waals surface area contributed by atoms with Crippen LogP contribution in [-0.2, 0) is 24.5 Å². The molecule has 1 heterocycles. The van der Waals surface area contributed by atoms with Gasteiger partial charge in [0.25, 0.3) is 5.41 Å². The van der Waals surface area contributed by atoms with E-state index in [4.69, 9.17) is 14.2 Å². The highest BCUT2D eigenvalue weighted by molar-refractivity contribution is 6.33. The molecule has 0 unspecified atom stereocenters. The number of benzene rings is 2. The van der Waals surface area contributed by atoms with E-state index in [-0.39, 0.29) is 17.0 Å². The Morgan fingerprint density at radius 2 is 1.62 bits per heavy atom. The summed E-state index contributed by atoms with van der Waals surface area (Å²) in [6.07, 6.45) is 0. The van der Waals surface area contributed by atoms with Crippen molar-refractivity contribution < 1.29 is 28.5 Å². The van der Waals surface area contributed by atoms with E-state index >= 15 is 0 Å². The third-order valence-electron chi connectivity index (χ3n) is 4.41. The number of carbonyl (C=O) groups excluding carboxylic acids is 2. The zero-order chi connectivity index (χ0) is 18.9. The molecule has 2 aromatic rings. The summed E-state index contributed by atoms with van der Waals surface area (Å²) in [5.74, 6) is -1.32. The molecule has 0 aromatic heterocycles. The van der Waals surface area contributed by atoms with Gasteiger partial charge >= 0.3 is 11.9 Å². The number of para-hydroxylation sites is 1. The van der Waals surface area contributed by atoms with Crippen LogP contribution in [0.3, 0.4) is 0 Å². The fourth-order valence-corrected chi connectivity index (χ4v) is 3.28. The summed E-state index contributed by atoms with van der Waals surface area (Å²) in [6, 6.07) is 12.9. The lowest BCUT2D eigenvalue weighted by atomic mass is 9.75. The van der Waals surface area contributed by atoms with E-state index < -0.39 is 17.4 Å². The van der Waals surface area contributed by atoms with Gasteiger partial charge in [-0.15, -0.1) is 0 Å². The van der Waals surface area contributed by atoms with Crippen LogP contribution in [0.1, 0.15) is 11.1 Å². The standard InChI is InChI=1S/C19H17NO6/c1-24-13-8-6-7-12(11-13)16-19(17(21)25-2,18(22)26-3)14-9-4-5-10-15(14)20(16)23/h4-11H,1-3H3. The molecule has 1 aliphatic heterocycles. The van der Waals surface area contributed by atoms with Crippen molar-refractivity contribution in [3.8, 4) is 5.75 Å². The largest absolute Gasteiger partial charge is 0.618 e. The number of hydrogen-bond donors (Lipinski definition) is 0. The number of carbonyl (C=O) groups is 2. The Bertz CT molecular complexity index is 902. The molecule has 0 atom stereocenters. The molecule has 0 aliphatic carbocycles. The van der Waals surface area contributed by atoms with Crippen molar-refractivity contribution in [2.45, 2.75) is 5.41 Å². The van der Waals surface area contributed by atoms with Gasteiger partial charge in [0.2, 0.25) is 11.4 Å². The van der Waals surface area contributed by atoms with Crippen molar-refractivity contribution in [3.05, 3.63) is 64.9 Å². The Morgan fingerprint density at radius 3 is 2.23 bits per heavy atom. The lowest BCUT2D eigenvalue weighted by Gasteiger charge is -2.23. The minimum absolute atomic E-state index is 0.0868. The topological polar surface area (TPSA) is 87.9 Å². The number of fused-ring (bicyclic) bond motifs is 1. The summed E-state index contributed by atoms with van der Waals surface area (Å²) < 4.78 is 15.6. The molecule has 7 heteroatoms. The number of methoxy groups -OCH3 is 3. The molecular formula is C19H17NO6. The fourth-order valence-electron chi connectivity index (χ4n) is 3.28. The molecule has 0 N–H and O–H groups in total. The zero-order valence-electron chi connectivity index (χ0n) is 14.5. The first-order valence-corrected chi connectivity index (χ1v) is 7.77. The van der Waals surface area contributed by atoms with E-state index in [1.165, 1.54) is 13.2 Å². The Morgan fingerprint density at radius 1 is 0.962 bits per heavy atom. The highest BCUT2D eigenvalue weighted by Gasteiger charge is 2.65. The van der Waals surface area contributed by atoms with E-state index in [9.17, 15) is 14.8 Å². The average Bonchev–Trinajstić information content (AvgIpc) is 2.96. The molecule has 0 saturated carbocycles. The fraction of sp³-hybridized carbons (Fsp3) is 0.211. The van der Waals surface area contributed by atoms with Crippen molar-refractivity contribution >= 4 is 23.3 Å². The maximum absolute atomic E-state index is 13.1. The van der Waals surface area contributed by atoms with Crippen LogP contribution in [0.2, 0.25) is 0 Å². The molecule has 134 valence electrons. The van der Waals surface area contributed by atoms with Gasteiger partial charge in [0.15, 0.2) is 0 Å². The van der Waals surface area contributed by atoms with Crippen LogP contribution in [0.25, 0.3) is 0 Å². The van der Waals surface area contributed by atoms with E-state index in [0.29, 0.717) is 16.1 Å². The van der Waals surface area contributed by atoms with Crippen LogP contribution in [0.15, 0.2) is 48.5 Å². The maximum Gasteiger partial charge on any atom is 0.339 e. The van der Waals surface area contributed by atoms with Gasteiger partial charge in [0.05, 0.1) is 26.9 Å². The van der Waals surface area contributed by atoms with Crippen LogP contribution in [-0.4, -0.2) is 43.7 Å². The van der Waals surface area contributed by atoms with Gasteiger partial charge in [-0.25, -0.2) is 9.59 Å². The molecule has 26 heavy (non-hydrogen) atoms. The van der Waals surface area contributed by atoms with Gasteiger partial charge in [-0.1, -0.05) is 18.2 Å². The predicted octanol–water partition coefficient (Wildman–Crippen LogP) is 1.92. The van der Waals surface area contributed by atoms with Crippen molar-refractivity contribution in [2.24, 2.45) is 0 Å². The maximum atomic E-state index is 13.1. The Kier molecular flexibility index (Phi) is 4.38. The molecule has 3 rings (SSSR count). The molecule has 0 saturated heterocycles. The van der Waals surface area contributed by atoms with Gasteiger partial charge in [0, 0.05) is 11.6 Å². The van der Waals surface area contributed by atoms with Crippen LogP contribution in [0, 0.1) is 5.21 Å². The first kappa shape index (κ1) is 17.5. The number of hydrogen-bond acceptors (Lipinski definition) is 6. The summed E-state index contributed by atoms with van der Waals surface area (Å²) in [4.78, 5) is 25.7. The third-order valence-corrected chi connectivity index (χ3v) is 4.41. The van der Waals surface area contributed by atoms with Crippen LogP contribution in [0.5, 0.6) is 5.75 Å². The Labute approximate surface area is 150 Å². The smallest absolute Gasteiger partial charge is 0.339 e. The number of rotatable bonds is 4. The number of esters is 2. The molecule has 7 nitrogen and oxygen atoms in total. The summed E-state index contributed by atoms with van der Waals surface area (Å²) in [6.45, 7) is 0. The summed E-state index contributed by atoms with van der Waals surface area (Å²) >= 11 is 0. The van der Waals surface area contributed by atoms with Crippen LogP contribution in [0.4, 0.5) is 5.69 Å². The molecule has 0 fully saturated rings. The van der Waals surface area contributed by atoms with Crippen molar-refractivity contribution in [2.75, 3.05) is 21.3 Å². The first-order chi connectivity index (χ1) is 12.5. The second-order valence-corrected chi connectivity index (χ2v) is 5.63. The van der Waals surface area contributed by atoms with E-state index in [0.717, 1.165) is 14.2 Å². The van der Waals surface area contributed by atoms with Crippen LogP contribution < -0.4 is 4.74 Å². The molecule has 2 aromatic carbocycles. The SMILES string of the molecule is COC(=O)C1(C(=O)OC)C(c2cccc(OC)c2)=[N+]([O-])c2ccccc21. The molecule has 0 radical (unpaired) electrons. The van der Waals surface area contributed by atoms with Crippen molar-refractivity contribution in [3.63, 3.8) is 0 Å². The third kappa shape index (κ3) is 2.24. The molecule has 0 bridgehead atoms. The molecule has 0 amide bonds. The second-order valence-electron chi connectivity index (χ2n) is 5.63. The van der Waals surface area contributed by atoms with Gasteiger partial charge in [0.1, 0.15) is 5.75 Å². The van der Waals surface area contributed by atoms with E-state index in [2.05, 4.69) is 0 Å². The van der Waals surface area contributed by atoms with Gasteiger partial charge in [-0.05, 0) is 24.3 Å². The van der Waals surface area contributed by atoms with Gasteiger partial charge < -0.3 is 19.4 Å². The summed E-state index contributed by atoms with van der Waals surface area (Å²) in [5, 5.41) is 13.1. The molecular weight excluding hydrogens is 338 g/mol. The second kappa shape index (κ2) is 6.51. The average molecular weight is 355 g/mol. The molecule has 1 aliphatic rings. The zero-order valence-corrected chi connectivity index (χ0v) is 14.5. The van der Waals surface area contributed by atoms with Gasteiger partial charge in [-0.3, -0.25) is 0 Å². The first-order valence-electron chi connectivity index (χ1n) is 7.77. The monoisotopic (exact) mass is 355 g/mol. The molecule has 0 spiro atoms. The van der Waals surface area contributed by atoms with Gasteiger partial charge in [-0.2, -0.15) is 4.74 Å². The number of nitrogens with zero attached hydrogens (tertiary/aromatic N) is 1. The normalized spacial score (nSPS) is 14.6. The predicted molar refractivity (Wildman–Crippen MR) is 92.5 cm³/mol. The minimum Gasteiger partial charge on any atom is -0.618 e.